The highest BCUT2D eigenvalue weighted by atomic mass is 16.6. The van der Waals surface area contributed by atoms with E-state index in [4.69, 9.17) is 28.8 Å². The number of aliphatic carboxylic acids is 1. The first-order chi connectivity index (χ1) is 26.6. The van der Waals surface area contributed by atoms with Crippen LogP contribution in [-0.2, 0) is 52.5 Å². The van der Waals surface area contributed by atoms with Gasteiger partial charge in [0.05, 0.1) is 37.9 Å². The Morgan fingerprint density at radius 3 is 1.25 bits per heavy atom. The maximum atomic E-state index is 12.7. The Kier molecular flexibility index (Phi) is 34.4. The van der Waals surface area contributed by atoms with Crippen LogP contribution in [0.2, 0.25) is 0 Å². The topological polar surface area (TPSA) is 169 Å². The molecule has 0 heterocycles. The standard InChI is InChI=1S/C43H76O12/c1-5-9-13-17-25-35(23-11-7-3)42(49)51-31-21-15-19-27-39(46)53-33-37(34-54-40(47)30-29-38(44)45)55-41(48)28-20-16-22-32-52-43(50)36(24-12-8-4)26-18-14-10-6-2/h35-37H,5-34H2,1-4H3,(H,44,45)/t35?,36?,37-/m1/s1. The molecule has 0 spiro atoms. The Bertz CT molecular complexity index is 1030. The van der Waals surface area contributed by atoms with E-state index in [9.17, 15) is 28.8 Å². The molecule has 0 aromatic heterocycles. The fourth-order valence-electron chi connectivity index (χ4n) is 6.06. The van der Waals surface area contributed by atoms with E-state index in [1.807, 2.05) is 0 Å². The molecular formula is C43H76O12. The normalized spacial score (nSPS) is 12.7. The molecule has 0 aromatic rings. The molecule has 0 amide bonds. The number of hydrogen-bond acceptors (Lipinski definition) is 11. The molecule has 3 atom stereocenters. The van der Waals surface area contributed by atoms with Crippen molar-refractivity contribution in [3.8, 4) is 0 Å². The number of carboxylic acid groups (broad SMARTS) is 1. The van der Waals surface area contributed by atoms with E-state index in [2.05, 4.69) is 27.7 Å². The number of ether oxygens (including phenoxy) is 5. The van der Waals surface area contributed by atoms with E-state index in [1.165, 1.54) is 12.8 Å². The summed E-state index contributed by atoms with van der Waals surface area (Å²) in [6.07, 6.45) is 18.4. The Morgan fingerprint density at radius 1 is 0.418 bits per heavy atom. The third-order valence-corrected chi connectivity index (χ3v) is 9.53. The summed E-state index contributed by atoms with van der Waals surface area (Å²) in [6.45, 7) is 8.45. The van der Waals surface area contributed by atoms with Crippen molar-refractivity contribution in [1.82, 2.24) is 0 Å². The van der Waals surface area contributed by atoms with Crippen LogP contribution < -0.4 is 0 Å². The molecule has 0 saturated heterocycles. The molecule has 1 N–H and O–H groups in total. The van der Waals surface area contributed by atoms with Crippen LogP contribution in [0.5, 0.6) is 0 Å². The summed E-state index contributed by atoms with van der Waals surface area (Å²) in [5.74, 6) is -3.36. The predicted molar refractivity (Wildman–Crippen MR) is 211 cm³/mol. The van der Waals surface area contributed by atoms with Crippen molar-refractivity contribution in [1.29, 1.82) is 0 Å². The molecule has 0 aliphatic rings. The van der Waals surface area contributed by atoms with Gasteiger partial charge in [0, 0.05) is 12.8 Å². The summed E-state index contributed by atoms with van der Waals surface area (Å²) in [6, 6.07) is 0. The highest BCUT2D eigenvalue weighted by Gasteiger charge is 2.22. The van der Waals surface area contributed by atoms with Crippen molar-refractivity contribution >= 4 is 35.8 Å². The number of carboxylic acids is 1. The summed E-state index contributed by atoms with van der Waals surface area (Å²) in [7, 11) is 0. The molecule has 0 radical (unpaired) electrons. The van der Waals surface area contributed by atoms with Crippen molar-refractivity contribution in [2.24, 2.45) is 11.8 Å². The number of esters is 5. The van der Waals surface area contributed by atoms with Crippen LogP contribution in [0.15, 0.2) is 0 Å². The minimum atomic E-state index is -1.14. The van der Waals surface area contributed by atoms with Crippen LogP contribution in [0.25, 0.3) is 0 Å². The molecule has 0 rings (SSSR count). The van der Waals surface area contributed by atoms with Gasteiger partial charge >= 0.3 is 35.8 Å². The van der Waals surface area contributed by atoms with Crippen LogP contribution in [0.4, 0.5) is 0 Å². The number of carbonyl (C=O) groups is 6. The average molecular weight is 785 g/mol. The minimum absolute atomic E-state index is 0.0558. The fraction of sp³-hybridized carbons (Fsp3) is 0.860. The largest absolute Gasteiger partial charge is 0.481 e. The zero-order valence-corrected chi connectivity index (χ0v) is 34.9. The molecule has 0 fully saturated rings. The summed E-state index contributed by atoms with van der Waals surface area (Å²) < 4.78 is 27.0. The van der Waals surface area contributed by atoms with Gasteiger partial charge in [-0.2, -0.15) is 0 Å². The molecule has 12 nitrogen and oxygen atoms in total. The van der Waals surface area contributed by atoms with Gasteiger partial charge in [0.25, 0.3) is 0 Å². The lowest BCUT2D eigenvalue weighted by Crippen LogP contribution is -2.31. The first-order valence-corrected chi connectivity index (χ1v) is 21.6. The highest BCUT2D eigenvalue weighted by molar-refractivity contribution is 5.76. The first-order valence-electron chi connectivity index (χ1n) is 21.6. The second-order valence-electron chi connectivity index (χ2n) is 14.7. The second-order valence-corrected chi connectivity index (χ2v) is 14.7. The van der Waals surface area contributed by atoms with Gasteiger partial charge in [-0.3, -0.25) is 28.8 Å². The van der Waals surface area contributed by atoms with Crippen molar-refractivity contribution in [3.63, 3.8) is 0 Å². The van der Waals surface area contributed by atoms with Gasteiger partial charge in [0.15, 0.2) is 6.10 Å². The van der Waals surface area contributed by atoms with Crippen LogP contribution in [-0.4, -0.2) is 73.5 Å². The van der Waals surface area contributed by atoms with Crippen LogP contribution in [0.1, 0.15) is 195 Å². The Morgan fingerprint density at radius 2 is 0.818 bits per heavy atom. The van der Waals surface area contributed by atoms with Crippen LogP contribution in [0.3, 0.4) is 0 Å². The average Bonchev–Trinajstić information content (AvgIpc) is 3.16. The summed E-state index contributed by atoms with van der Waals surface area (Å²) in [5.41, 5.74) is 0. The van der Waals surface area contributed by atoms with Gasteiger partial charge < -0.3 is 28.8 Å². The molecule has 0 bridgehead atoms. The first kappa shape index (κ1) is 51.8. The minimum Gasteiger partial charge on any atom is -0.481 e. The van der Waals surface area contributed by atoms with Crippen molar-refractivity contribution in [2.75, 3.05) is 26.4 Å². The van der Waals surface area contributed by atoms with Crippen molar-refractivity contribution in [3.05, 3.63) is 0 Å². The van der Waals surface area contributed by atoms with E-state index in [-0.39, 0.29) is 56.3 Å². The predicted octanol–water partition coefficient (Wildman–Crippen LogP) is 9.61. The Balaban J connectivity index is 4.65. The van der Waals surface area contributed by atoms with E-state index in [0.29, 0.717) is 51.7 Å². The smallest absolute Gasteiger partial charge is 0.308 e. The second kappa shape index (κ2) is 36.5. The lowest BCUT2D eigenvalue weighted by Gasteiger charge is -2.18. The fourth-order valence-corrected chi connectivity index (χ4v) is 6.06. The van der Waals surface area contributed by atoms with Gasteiger partial charge in [0.1, 0.15) is 13.2 Å². The van der Waals surface area contributed by atoms with Crippen LogP contribution >= 0.6 is 0 Å². The maximum absolute atomic E-state index is 12.7. The molecule has 0 aromatic carbocycles. The lowest BCUT2D eigenvalue weighted by molar-refractivity contribution is -0.167. The van der Waals surface area contributed by atoms with Crippen molar-refractivity contribution < 1.29 is 57.6 Å². The molecule has 320 valence electrons. The van der Waals surface area contributed by atoms with E-state index in [1.54, 1.807) is 0 Å². The number of unbranched alkanes of at least 4 members (excludes halogenated alkanes) is 12. The third kappa shape index (κ3) is 31.7. The lowest BCUT2D eigenvalue weighted by atomic mass is 9.95. The van der Waals surface area contributed by atoms with Gasteiger partial charge in [-0.05, 0) is 64.2 Å². The summed E-state index contributed by atoms with van der Waals surface area (Å²) >= 11 is 0. The quantitative estimate of drug-likeness (QED) is 0.0358. The third-order valence-electron chi connectivity index (χ3n) is 9.53. The Labute approximate surface area is 331 Å². The molecule has 12 heteroatoms. The van der Waals surface area contributed by atoms with Gasteiger partial charge in [-0.15, -0.1) is 0 Å². The van der Waals surface area contributed by atoms with E-state index in [0.717, 1.165) is 89.9 Å². The zero-order valence-electron chi connectivity index (χ0n) is 34.9. The molecule has 2 unspecified atom stereocenters. The van der Waals surface area contributed by atoms with Gasteiger partial charge in [-0.25, -0.2) is 0 Å². The van der Waals surface area contributed by atoms with Crippen LogP contribution in [0, 0.1) is 11.8 Å². The van der Waals surface area contributed by atoms with Gasteiger partial charge in [-0.1, -0.05) is 105 Å². The molecule has 55 heavy (non-hydrogen) atoms. The van der Waals surface area contributed by atoms with Crippen molar-refractivity contribution in [2.45, 2.75) is 201 Å². The number of carbonyl (C=O) groups excluding carboxylic acids is 5. The zero-order chi connectivity index (χ0) is 40.9. The molecular weight excluding hydrogens is 708 g/mol. The molecule has 0 aliphatic heterocycles. The van der Waals surface area contributed by atoms with E-state index < -0.39 is 36.4 Å². The Hall–Kier alpha value is -3.18. The monoisotopic (exact) mass is 785 g/mol. The SMILES string of the molecule is CCCCCCC(CCCC)C(=O)OCCCCCC(=O)OC[C@H](COC(=O)CCC(=O)O)OC(=O)CCCCCOC(=O)C(CCCC)CCCCCC. The summed E-state index contributed by atoms with van der Waals surface area (Å²) in [5, 5.41) is 8.83. The van der Waals surface area contributed by atoms with Gasteiger partial charge in [0.2, 0.25) is 0 Å². The van der Waals surface area contributed by atoms with E-state index >= 15 is 0 Å². The molecule has 0 saturated carbocycles. The maximum Gasteiger partial charge on any atom is 0.308 e. The number of rotatable bonds is 38. The number of hydrogen-bond donors (Lipinski definition) is 1. The highest BCUT2D eigenvalue weighted by Crippen LogP contribution is 2.21. The molecule has 0 aliphatic carbocycles. The summed E-state index contributed by atoms with van der Waals surface area (Å²) in [4.78, 5) is 73.2.